The lowest BCUT2D eigenvalue weighted by Gasteiger charge is -2.20. The molecule has 2 unspecified atom stereocenters. The standard InChI is InChI=1S/C56H105NO3/c1-3-5-7-9-11-13-15-17-18-19-20-21-22-23-24-25-26-27-28-29-30-31-32-33-34-35-36-37-38-40-42-44-46-48-50-52-56(60)57-54(53-58)55(59)51-49-47-45-43-41-39-16-14-12-10-8-6-4-2/h15,17,19-20,22-23,49,51,54-55,58-59H,3-14,16,18,21,24-48,50,52-53H2,1-2H3,(H,57,60)/b17-15-,20-19-,23-22-,51-49+. The van der Waals surface area contributed by atoms with E-state index in [-0.39, 0.29) is 12.5 Å². The van der Waals surface area contributed by atoms with Crippen LogP contribution in [0.2, 0.25) is 0 Å². The molecule has 0 saturated heterocycles. The van der Waals surface area contributed by atoms with Crippen LogP contribution < -0.4 is 5.32 Å². The minimum Gasteiger partial charge on any atom is -0.394 e. The first-order chi connectivity index (χ1) is 29.7. The van der Waals surface area contributed by atoms with Crippen LogP contribution in [-0.2, 0) is 4.79 Å². The molecule has 2 atom stereocenters. The predicted octanol–water partition coefficient (Wildman–Crippen LogP) is 17.5. The summed E-state index contributed by atoms with van der Waals surface area (Å²) in [7, 11) is 0. The molecule has 1 amide bonds. The van der Waals surface area contributed by atoms with Crippen LogP contribution in [0.5, 0.6) is 0 Å². The molecule has 0 radical (unpaired) electrons. The summed E-state index contributed by atoms with van der Waals surface area (Å²) < 4.78 is 0. The summed E-state index contributed by atoms with van der Waals surface area (Å²) in [6.45, 7) is 4.30. The Bertz CT molecular complexity index is 954. The van der Waals surface area contributed by atoms with Gasteiger partial charge >= 0.3 is 0 Å². The van der Waals surface area contributed by atoms with Gasteiger partial charge in [-0.1, -0.05) is 268 Å². The fourth-order valence-corrected chi connectivity index (χ4v) is 8.19. The van der Waals surface area contributed by atoms with Gasteiger partial charge in [0.2, 0.25) is 5.91 Å². The third-order valence-electron chi connectivity index (χ3n) is 12.3. The summed E-state index contributed by atoms with van der Waals surface area (Å²) in [6, 6.07) is -0.620. The molecule has 0 saturated carbocycles. The van der Waals surface area contributed by atoms with Crippen LogP contribution >= 0.6 is 0 Å². The number of nitrogens with one attached hydrogen (secondary N) is 1. The monoisotopic (exact) mass is 840 g/mol. The van der Waals surface area contributed by atoms with Gasteiger partial charge in [0.25, 0.3) is 0 Å². The lowest BCUT2D eigenvalue weighted by atomic mass is 10.0. The molecule has 0 aliphatic rings. The van der Waals surface area contributed by atoms with E-state index < -0.39 is 12.1 Å². The number of hydrogen-bond donors (Lipinski definition) is 3. The molecule has 4 nitrogen and oxygen atoms in total. The average molecular weight is 840 g/mol. The summed E-state index contributed by atoms with van der Waals surface area (Å²) in [5.74, 6) is -0.0616. The molecule has 4 heteroatoms. The first kappa shape index (κ1) is 58.4. The van der Waals surface area contributed by atoms with E-state index in [2.05, 4.69) is 55.6 Å². The first-order valence-electron chi connectivity index (χ1n) is 26.9. The van der Waals surface area contributed by atoms with Crippen LogP contribution in [-0.4, -0.2) is 34.9 Å². The summed E-state index contributed by atoms with van der Waals surface area (Å²) >= 11 is 0. The highest BCUT2D eigenvalue weighted by molar-refractivity contribution is 5.76. The maximum Gasteiger partial charge on any atom is 0.220 e. The molecule has 0 aromatic carbocycles. The van der Waals surface area contributed by atoms with Gasteiger partial charge in [0, 0.05) is 6.42 Å². The highest BCUT2D eigenvalue weighted by atomic mass is 16.3. The van der Waals surface area contributed by atoms with Crippen molar-refractivity contribution in [2.75, 3.05) is 6.61 Å². The van der Waals surface area contributed by atoms with Crippen molar-refractivity contribution in [3.63, 3.8) is 0 Å². The highest BCUT2D eigenvalue weighted by Gasteiger charge is 2.18. The summed E-state index contributed by atoms with van der Waals surface area (Å²) in [4.78, 5) is 12.4. The third-order valence-corrected chi connectivity index (χ3v) is 12.3. The van der Waals surface area contributed by atoms with E-state index in [9.17, 15) is 15.0 Å². The second-order valence-electron chi connectivity index (χ2n) is 18.3. The Hall–Kier alpha value is -1.65. The molecule has 0 bridgehead atoms. The predicted molar refractivity (Wildman–Crippen MR) is 267 cm³/mol. The van der Waals surface area contributed by atoms with Crippen LogP contribution in [0.15, 0.2) is 48.6 Å². The fraction of sp³-hybridized carbons (Fsp3) is 0.839. The normalized spacial score (nSPS) is 13.2. The van der Waals surface area contributed by atoms with Gasteiger partial charge in [-0.15, -0.1) is 0 Å². The molecule has 60 heavy (non-hydrogen) atoms. The number of rotatable bonds is 49. The number of carbonyl (C=O) groups is 1. The molecule has 0 rings (SSSR count). The van der Waals surface area contributed by atoms with Crippen molar-refractivity contribution in [2.45, 2.75) is 296 Å². The number of allylic oxidation sites excluding steroid dienone is 7. The van der Waals surface area contributed by atoms with Crippen molar-refractivity contribution in [3.05, 3.63) is 48.6 Å². The van der Waals surface area contributed by atoms with Gasteiger partial charge in [0.15, 0.2) is 0 Å². The fourth-order valence-electron chi connectivity index (χ4n) is 8.19. The zero-order valence-electron chi connectivity index (χ0n) is 40.5. The van der Waals surface area contributed by atoms with Gasteiger partial charge in [-0.2, -0.15) is 0 Å². The van der Waals surface area contributed by atoms with E-state index in [1.807, 2.05) is 6.08 Å². The number of carbonyl (C=O) groups excluding carboxylic acids is 1. The molecule has 0 aliphatic heterocycles. The van der Waals surface area contributed by atoms with Crippen LogP contribution in [0.1, 0.15) is 284 Å². The Labute approximate surface area is 375 Å². The van der Waals surface area contributed by atoms with E-state index >= 15 is 0 Å². The molecule has 0 aromatic heterocycles. The topological polar surface area (TPSA) is 69.6 Å². The molecular formula is C56H105NO3. The van der Waals surface area contributed by atoms with Gasteiger partial charge in [-0.05, 0) is 57.8 Å². The van der Waals surface area contributed by atoms with E-state index in [0.29, 0.717) is 6.42 Å². The van der Waals surface area contributed by atoms with Crippen molar-refractivity contribution >= 4 is 5.91 Å². The number of amides is 1. The molecule has 0 spiro atoms. The minimum absolute atomic E-state index is 0.0616. The molecule has 352 valence electrons. The maximum atomic E-state index is 12.4. The first-order valence-corrected chi connectivity index (χ1v) is 26.9. The van der Waals surface area contributed by atoms with E-state index in [1.165, 1.54) is 225 Å². The average Bonchev–Trinajstić information content (AvgIpc) is 3.25. The largest absolute Gasteiger partial charge is 0.394 e. The summed E-state index contributed by atoms with van der Waals surface area (Å²) in [5.41, 5.74) is 0. The Balaban J connectivity index is 3.43. The smallest absolute Gasteiger partial charge is 0.220 e. The maximum absolute atomic E-state index is 12.4. The van der Waals surface area contributed by atoms with Crippen LogP contribution in [0.25, 0.3) is 0 Å². The van der Waals surface area contributed by atoms with E-state index in [1.54, 1.807) is 6.08 Å². The van der Waals surface area contributed by atoms with Crippen LogP contribution in [0, 0.1) is 0 Å². The van der Waals surface area contributed by atoms with Gasteiger partial charge in [0.05, 0.1) is 18.8 Å². The second-order valence-corrected chi connectivity index (χ2v) is 18.3. The van der Waals surface area contributed by atoms with Gasteiger partial charge in [-0.25, -0.2) is 0 Å². The Morgan fingerprint density at radius 3 is 1.02 bits per heavy atom. The van der Waals surface area contributed by atoms with Crippen LogP contribution in [0.3, 0.4) is 0 Å². The SMILES string of the molecule is CCCCCCC/C=C\C/C=C\C/C=C\CCCCCCCCCCCCCCCCCCCCCCC(=O)NC(CO)C(O)/C=C/CCCCCCCCCCCCC. The lowest BCUT2D eigenvalue weighted by molar-refractivity contribution is -0.123. The minimum atomic E-state index is -0.837. The van der Waals surface area contributed by atoms with Crippen molar-refractivity contribution in [3.8, 4) is 0 Å². The quantitative estimate of drug-likeness (QED) is 0.0422. The Morgan fingerprint density at radius 2 is 0.683 bits per heavy atom. The summed E-state index contributed by atoms with van der Waals surface area (Å²) in [5, 5.41) is 23.1. The van der Waals surface area contributed by atoms with Crippen molar-refractivity contribution < 1.29 is 15.0 Å². The molecular weight excluding hydrogens is 735 g/mol. The Kier molecular flexibility index (Phi) is 50.3. The molecule has 3 N–H and O–H groups in total. The van der Waals surface area contributed by atoms with E-state index in [0.717, 1.165) is 38.5 Å². The summed E-state index contributed by atoms with van der Waals surface area (Å²) in [6.07, 6.45) is 71.2. The second kappa shape index (κ2) is 51.7. The number of hydrogen-bond acceptors (Lipinski definition) is 3. The van der Waals surface area contributed by atoms with Crippen molar-refractivity contribution in [1.82, 2.24) is 5.32 Å². The van der Waals surface area contributed by atoms with Crippen molar-refractivity contribution in [1.29, 1.82) is 0 Å². The molecule has 0 aromatic rings. The lowest BCUT2D eigenvalue weighted by Crippen LogP contribution is -2.45. The van der Waals surface area contributed by atoms with Gasteiger partial charge in [0.1, 0.15) is 0 Å². The zero-order chi connectivity index (χ0) is 43.5. The third kappa shape index (κ3) is 47.4. The Morgan fingerprint density at radius 1 is 0.400 bits per heavy atom. The van der Waals surface area contributed by atoms with Crippen molar-refractivity contribution in [2.24, 2.45) is 0 Å². The highest BCUT2D eigenvalue weighted by Crippen LogP contribution is 2.16. The van der Waals surface area contributed by atoms with Gasteiger partial charge in [-0.3, -0.25) is 4.79 Å². The molecule has 0 heterocycles. The number of aliphatic hydroxyl groups excluding tert-OH is 2. The van der Waals surface area contributed by atoms with E-state index in [4.69, 9.17) is 0 Å². The molecule has 0 fully saturated rings. The number of unbranched alkanes of at least 4 members (excludes halogenated alkanes) is 36. The molecule has 0 aliphatic carbocycles. The van der Waals surface area contributed by atoms with Crippen LogP contribution in [0.4, 0.5) is 0 Å². The zero-order valence-corrected chi connectivity index (χ0v) is 40.5. The number of aliphatic hydroxyl groups is 2. The van der Waals surface area contributed by atoms with Gasteiger partial charge < -0.3 is 15.5 Å².